The Morgan fingerprint density at radius 1 is 0.541 bits per heavy atom. The number of hydrogen-bond donors (Lipinski definition) is 0. The van der Waals surface area contributed by atoms with Gasteiger partial charge in [-0.25, -0.2) is 4.98 Å². The number of aromatic nitrogens is 2. The Hall–Kier alpha value is -5.90. The van der Waals surface area contributed by atoms with E-state index in [2.05, 4.69) is 228 Å². The Labute approximate surface area is 375 Å². The van der Waals surface area contributed by atoms with Crippen LogP contribution in [0.1, 0.15) is 77.6 Å². The molecule has 1 aliphatic rings. The van der Waals surface area contributed by atoms with Crippen molar-refractivity contribution >= 4 is 33.2 Å². The van der Waals surface area contributed by atoms with Gasteiger partial charge in [0.05, 0.1) is 0 Å². The fourth-order valence-corrected chi connectivity index (χ4v) is 8.06. The summed E-state index contributed by atoms with van der Waals surface area (Å²) in [5.74, 6) is 2.05. The van der Waals surface area contributed by atoms with E-state index in [9.17, 15) is 0 Å². The molecule has 61 heavy (non-hydrogen) atoms. The van der Waals surface area contributed by atoms with E-state index >= 15 is 0 Å². The van der Waals surface area contributed by atoms with Crippen molar-refractivity contribution in [3.63, 3.8) is 0 Å². The third-order valence-electron chi connectivity index (χ3n) is 11.8. The van der Waals surface area contributed by atoms with Crippen LogP contribution in [-0.2, 0) is 37.3 Å². The molecule has 0 saturated carbocycles. The van der Waals surface area contributed by atoms with E-state index in [1.54, 1.807) is 0 Å². The van der Waals surface area contributed by atoms with E-state index in [1.807, 2.05) is 18.3 Å². The van der Waals surface area contributed by atoms with Gasteiger partial charge in [0.25, 0.3) is 0 Å². The molecule has 0 spiro atoms. The molecular formula is C55H51N4OPt-3. The molecule has 8 aromatic rings. The second-order valence-corrected chi connectivity index (χ2v) is 18.4. The van der Waals surface area contributed by atoms with Gasteiger partial charge in [-0.15, -0.1) is 53.6 Å². The Morgan fingerprint density at radius 2 is 1.23 bits per heavy atom. The molecule has 2 aromatic heterocycles. The Bertz CT molecular complexity index is 2880. The van der Waals surface area contributed by atoms with E-state index in [-0.39, 0.29) is 37.3 Å². The molecule has 6 aromatic carbocycles. The summed E-state index contributed by atoms with van der Waals surface area (Å²) < 4.78 is 9.00. The first-order valence-corrected chi connectivity index (χ1v) is 20.8. The van der Waals surface area contributed by atoms with E-state index < -0.39 is 0 Å². The second-order valence-electron chi connectivity index (χ2n) is 18.4. The summed E-state index contributed by atoms with van der Waals surface area (Å²) >= 11 is 0. The van der Waals surface area contributed by atoms with Crippen molar-refractivity contribution in [3.05, 3.63) is 199 Å². The van der Waals surface area contributed by atoms with Crippen molar-refractivity contribution in [2.45, 2.75) is 71.6 Å². The van der Waals surface area contributed by atoms with Gasteiger partial charge in [0, 0.05) is 55.4 Å². The number of hydrogen-bond acceptors (Lipinski definition) is 4. The predicted molar refractivity (Wildman–Crippen MR) is 249 cm³/mol. The second kappa shape index (κ2) is 16.2. The summed E-state index contributed by atoms with van der Waals surface area (Å²) in [6.45, 7) is 20.1. The van der Waals surface area contributed by atoms with Crippen molar-refractivity contribution in [1.29, 1.82) is 0 Å². The zero-order valence-electron chi connectivity index (χ0n) is 36.1. The van der Waals surface area contributed by atoms with Crippen LogP contribution >= 0.6 is 0 Å². The third-order valence-corrected chi connectivity index (χ3v) is 11.8. The molecule has 0 atom stereocenters. The number of nitrogens with zero attached hydrogens (tertiary/aromatic N) is 4. The van der Waals surface area contributed by atoms with Gasteiger partial charge >= 0.3 is 0 Å². The summed E-state index contributed by atoms with van der Waals surface area (Å²) in [6.07, 6.45) is 6.07. The van der Waals surface area contributed by atoms with Crippen LogP contribution in [0.25, 0.3) is 38.8 Å². The molecule has 3 heterocycles. The maximum absolute atomic E-state index is 6.78. The number of pyridine rings is 1. The first-order chi connectivity index (χ1) is 28.7. The minimum atomic E-state index is -0.152. The average molecular weight is 979 g/mol. The van der Waals surface area contributed by atoms with Crippen LogP contribution in [0, 0.1) is 18.8 Å². The topological polar surface area (TPSA) is 33.5 Å². The predicted octanol–water partition coefficient (Wildman–Crippen LogP) is 14.1. The van der Waals surface area contributed by atoms with Gasteiger partial charge in [0.2, 0.25) is 0 Å². The minimum Gasteiger partial charge on any atom is -0.509 e. The van der Waals surface area contributed by atoms with Gasteiger partial charge in [-0.3, -0.25) is 0 Å². The van der Waals surface area contributed by atoms with E-state index in [0.717, 1.165) is 50.1 Å². The van der Waals surface area contributed by atoms with Crippen LogP contribution in [0.2, 0.25) is 0 Å². The first kappa shape index (κ1) is 41.8. The third kappa shape index (κ3) is 8.29. The fraction of sp³-hybridized carbons (Fsp3) is 0.200. The van der Waals surface area contributed by atoms with Crippen LogP contribution in [0.4, 0.5) is 11.4 Å². The van der Waals surface area contributed by atoms with Crippen molar-refractivity contribution in [2.75, 3.05) is 9.80 Å². The maximum atomic E-state index is 6.78. The molecule has 0 N–H and O–H groups in total. The summed E-state index contributed by atoms with van der Waals surface area (Å²) in [4.78, 5) is 9.17. The smallest absolute Gasteiger partial charge is 0.135 e. The minimum absolute atomic E-state index is 0. The maximum Gasteiger partial charge on any atom is 0.135 e. The molecule has 0 saturated heterocycles. The van der Waals surface area contributed by atoms with Crippen molar-refractivity contribution in [2.24, 2.45) is 0 Å². The number of benzene rings is 6. The molecule has 9 rings (SSSR count). The van der Waals surface area contributed by atoms with Crippen LogP contribution in [0.15, 0.2) is 158 Å². The van der Waals surface area contributed by atoms with E-state index in [4.69, 9.17) is 9.72 Å². The first-order valence-electron chi connectivity index (χ1n) is 20.8. The monoisotopic (exact) mass is 978 g/mol. The number of rotatable bonds is 8. The summed E-state index contributed by atoms with van der Waals surface area (Å²) in [6, 6.07) is 56.7. The van der Waals surface area contributed by atoms with Gasteiger partial charge in [-0.1, -0.05) is 146 Å². The quantitative estimate of drug-likeness (QED) is 0.142. The Kier molecular flexibility index (Phi) is 11.1. The van der Waals surface area contributed by atoms with Crippen molar-refractivity contribution < 1.29 is 25.8 Å². The van der Waals surface area contributed by atoms with Crippen LogP contribution < -0.4 is 14.5 Å². The summed E-state index contributed by atoms with van der Waals surface area (Å²) in [5.41, 5.74) is 10.9. The molecule has 0 bridgehead atoms. The largest absolute Gasteiger partial charge is 0.509 e. The molecule has 0 amide bonds. The summed E-state index contributed by atoms with van der Waals surface area (Å²) in [5, 5.41) is 2.26. The van der Waals surface area contributed by atoms with Crippen molar-refractivity contribution in [1.82, 2.24) is 9.55 Å². The van der Waals surface area contributed by atoms with Gasteiger partial charge in [-0.2, -0.15) is 6.07 Å². The molecule has 0 unspecified atom stereocenters. The van der Waals surface area contributed by atoms with Crippen LogP contribution in [-0.4, -0.2) is 9.55 Å². The van der Waals surface area contributed by atoms with E-state index in [0.29, 0.717) is 11.5 Å². The zero-order chi connectivity index (χ0) is 41.8. The number of fused-ring (bicyclic) bond motifs is 3. The number of anilines is 2. The molecular weight excluding hydrogens is 928 g/mol. The molecule has 0 fully saturated rings. The molecule has 5 nitrogen and oxygen atoms in total. The average Bonchev–Trinajstić information content (AvgIpc) is 3.87. The van der Waals surface area contributed by atoms with Gasteiger partial charge in [0.15, 0.2) is 0 Å². The molecule has 1 aliphatic heterocycles. The normalized spacial score (nSPS) is 13.2. The van der Waals surface area contributed by atoms with Gasteiger partial charge in [-0.05, 0) is 86.8 Å². The molecule has 310 valence electrons. The Balaban J connectivity index is 0.00000514. The number of ether oxygens (including phenoxy) is 1. The zero-order valence-corrected chi connectivity index (χ0v) is 38.4. The SMILES string of the molecule is CC(C)(C)c1ccnc(-n2c3[c-]c(Oc4[c-]c(N5C=CN(c6cccc(C(C)(C)c7ccccc7)c6)[CH-]5)cc(-c5ccccc5)c4)ccc3c3cc(C(C)(C)C)ccc32)c1.[Pt]. The van der Waals surface area contributed by atoms with Crippen LogP contribution in [0.5, 0.6) is 11.5 Å². The summed E-state index contributed by atoms with van der Waals surface area (Å²) in [7, 11) is 0. The van der Waals surface area contributed by atoms with Crippen molar-refractivity contribution in [3.8, 4) is 28.4 Å². The Morgan fingerprint density at radius 3 is 1.97 bits per heavy atom. The molecule has 6 heteroatoms. The van der Waals surface area contributed by atoms with Crippen LogP contribution in [0.3, 0.4) is 0 Å². The van der Waals surface area contributed by atoms with Gasteiger partial charge < -0.3 is 19.1 Å². The molecule has 0 radical (unpaired) electrons. The standard InChI is InChI=1S/C55H51N4O.Pt/c1-53(2,3)41-22-25-50-49(33-41)48-24-23-46(36-51(48)59(50)52-34-42(26-27-56-52)54(4,5)6)60-47-31-39(38-16-11-9-12-17-38)30-45(35-47)58-29-28-57(37-58)44-21-15-20-43(32-44)55(7,8)40-18-13-10-14-19-40;/h9-34,37H,1-8H3;/q-3;. The molecule has 0 aliphatic carbocycles. The van der Waals surface area contributed by atoms with E-state index in [1.165, 1.54) is 22.3 Å². The van der Waals surface area contributed by atoms with Gasteiger partial charge in [0.1, 0.15) is 5.82 Å². The fourth-order valence-electron chi connectivity index (χ4n) is 8.06.